The Balaban J connectivity index is 0.000000196. The van der Waals surface area contributed by atoms with Crippen LogP contribution in [0.15, 0.2) is 96.6 Å². The third-order valence-electron chi connectivity index (χ3n) is 33.8. The number of rotatable bonds is 46. The largest absolute Gasteiger partial charge is 0.494 e. The minimum absolute atomic E-state index is 0.0522. The predicted octanol–water partition coefficient (Wildman–Crippen LogP) is 35.8. The minimum Gasteiger partial charge on any atom is -0.494 e. The van der Waals surface area contributed by atoms with Crippen LogP contribution in [0.2, 0.25) is 0 Å². The summed E-state index contributed by atoms with van der Waals surface area (Å²) in [6.45, 7) is 35.2. The van der Waals surface area contributed by atoms with Crippen molar-refractivity contribution in [2.45, 2.75) is 481 Å². The molecule has 0 aliphatic heterocycles. The van der Waals surface area contributed by atoms with Crippen LogP contribution in [0.25, 0.3) is 0 Å². The summed E-state index contributed by atoms with van der Waals surface area (Å²) in [6, 6.07) is 26.2. The van der Waals surface area contributed by atoms with Gasteiger partial charge >= 0.3 is 17.9 Å². The van der Waals surface area contributed by atoms with Crippen LogP contribution in [-0.4, -0.2) is 42.8 Å². The summed E-state index contributed by atoms with van der Waals surface area (Å²) in [5, 5.41) is 0. The molecule has 0 amide bonds. The zero-order chi connectivity index (χ0) is 92.5. The molecule has 8 aliphatic rings. The summed E-state index contributed by atoms with van der Waals surface area (Å²) in [4.78, 5) is 37.3. The fourth-order valence-corrected chi connectivity index (χ4v) is 25.5. The Hall–Kier alpha value is -5.51. The highest BCUT2D eigenvalue weighted by atomic mass is 19.1. The van der Waals surface area contributed by atoms with Crippen LogP contribution >= 0.6 is 0 Å². The van der Waals surface area contributed by atoms with Crippen LogP contribution < -0.4 is 14.2 Å². The summed E-state index contributed by atoms with van der Waals surface area (Å²) in [5.41, 5.74) is 7.39. The van der Waals surface area contributed by atoms with Gasteiger partial charge in [0.25, 0.3) is 0 Å². The molecule has 0 heterocycles. The minimum atomic E-state index is -0.531. The van der Waals surface area contributed by atoms with Crippen molar-refractivity contribution in [2.24, 2.45) is 87.8 Å². The van der Waals surface area contributed by atoms with E-state index >= 15 is 0 Å². The number of esters is 3. The molecule has 7 saturated carbocycles. The van der Waals surface area contributed by atoms with Gasteiger partial charge in [-0.05, 0) is 358 Å². The van der Waals surface area contributed by atoms with E-state index in [0.29, 0.717) is 40.7 Å². The molecule has 0 bridgehead atoms. The lowest BCUT2D eigenvalue weighted by molar-refractivity contribution is -0.151. The topological polar surface area (TPSA) is 97.4 Å². The number of hydrogen-bond acceptors (Lipinski definition) is 8. The second-order valence-corrected chi connectivity index (χ2v) is 44.0. The highest BCUT2D eigenvalue weighted by Gasteiger charge is 2.59. The van der Waals surface area contributed by atoms with Gasteiger partial charge < -0.3 is 23.7 Å². The van der Waals surface area contributed by atoms with Crippen molar-refractivity contribution in [1.82, 2.24) is 0 Å². The van der Waals surface area contributed by atoms with Crippen LogP contribution in [-0.2, 0) is 20.7 Å². The average molecular weight is 1780 g/mol. The van der Waals surface area contributed by atoms with Crippen molar-refractivity contribution in [3.8, 4) is 17.2 Å². The summed E-state index contributed by atoms with van der Waals surface area (Å²) in [5.74, 6) is 12.1. The summed E-state index contributed by atoms with van der Waals surface area (Å²) >= 11 is 0. The van der Waals surface area contributed by atoms with E-state index in [2.05, 4.69) is 120 Å². The molecule has 7 fully saturated rings. The molecule has 0 saturated heterocycles. The van der Waals surface area contributed by atoms with E-state index in [4.69, 9.17) is 23.7 Å². The number of fused-ring (bicyclic) bond motifs is 5. The Morgan fingerprint density at radius 3 is 1.50 bits per heavy atom. The van der Waals surface area contributed by atoms with E-state index in [-0.39, 0.29) is 41.9 Å². The third kappa shape index (κ3) is 34.4. The van der Waals surface area contributed by atoms with E-state index in [1.807, 2.05) is 13.8 Å². The lowest BCUT2D eigenvalue weighted by Crippen LogP contribution is -2.51. The quantitative estimate of drug-likeness (QED) is 0.0187. The first-order valence-corrected chi connectivity index (χ1v) is 54.8. The zero-order valence-corrected chi connectivity index (χ0v) is 85.0. The highest BCUT2D eigenvalue weighted by molar-refractivity contribution is 5.92. The van der Waals surface area contributed by atoms with E-state index in [1.165, 1.54) is 262 Å². The van der Waals surface area contributed by atoms with Gasteiger partial charge in [0.15, 0.2) is 17.4 Å². The Labute approximate surface area is 788 Å². The van der Waals surface area contributed by atoms with Gasteiger partial charge in [-0.3, -0.25) is 4.79 Å². The number of benzene rings is 4. The number of carbonyl (C=O) groups excluding carboxylic acids is 3. The lowest BCUT2D eigenvalue weighted by Gasteiger charge is -2.58. The van der Waals surface area contributed by atoms with E-state index in [1.54, 1.807) is 71.8 Å². The SMILES string of the molecule is CCCC1CCC(C2CCC(c3ccc(CC(C)CC)cc3)CC2)CC1.CCCCCCC(C)Oc1c(F)cc(C2CCC(C3CCC(CCC)CC3)CC2)cc1F.CCCCCCCCC(=O)O[C@H]1CC[C@@]2(C)C(=CC[C@H]3[C@@H]4CC[C@H](C(C)CCCC(C)C)[C@@]4(C)CC[C@@H]32)C1.CCCCCCOc1ccc(C(=O)Oc2ccc(C(=O)OC(C)CCCCCC)cc2)cc1. The number of allylic oxidation sites excluding steroid dienone is 1. The maximum atomic E-state index is 14.8. The predicted molar refractivity (Wildman–Crippen MR) is 537 cm³/mol. The third-order valence-corrected chi connectivity index (χ3v) is 33.8. The summed E-state index contributed by atoms with van der Waals surface area (Å²) < 4.78 is 57.9. The standard InChI is InChI=1S/C36H62O2.C29H46F2O.C28H38O5.C26H42/c1-7-8-9-10-11-12-16-34(37)38-29-21-23-35(5)28(25-29)17-18-30-32-20-19-31(27(4)15-13-14-26(2)3)36(32,6)24-22-33(30)35;1-4-6-7-8-10-21(3)32-29-27(30)19-26(20-28(29)31)25-17-15-24(16-18-25)23-13-11-22(9-5-2)12-14-23;1-4-6-8-10-12-22(3)32-27(29)23-15-19-26(20-16-23)33-28(30)24-13-17-25(18-14-24)31-21-11-9-7-5-2;1-4-6-21-7-11-23(12-8-21)25-15-17-26(18-16-25)24-13-9-22(10-14-24)19-20(3)5-2/h17,26-27,29-33H,7-16,18-25H2,1-6H3;19-25H,4-18H2,1-3H3;13-20,22H,4-12,21H2,1-3H3;9-10,13-14,20-21,23,25-26H,4-8,11-12,15-19H2,1-3H3/t27?,29-,30-,31+,32-,33-,35-,36+;;;/m0.../s1. The van der Waals surface area contributed by atoms with Gasteiger partial charge in [-0.1, -0.05) is 293 Å². The van der Waals surface area contributed by atoms with Crippen LogP contribution in [0, 0.1) is 99.4 Å². The normalized spacial score (nSPS) is 26.9. The molecular formula is C119H188F2O8. The van der Waals surface area contributed by atoms with Gasteiger partial charge in [0, 0.05) is 12.8 Å². The first-order chi connectivity index (χ1) is 62.4. The van der Waals surface area contributed by atoms with E-state index in [0.717, 1.165) is 178 Å². The molecule has 4 aromatic carbocycles. The van der Waals surface area contributed by atoms with Crippen molar-refractivity contribution in [3.63, 3.8) is 0 Å². The van der Waals surface area contributed by atoms with Crippen molar-refractivity contribution in [1.29, 1.82) is 0 Å². The molecule has 4 aromatic rings. The number of ether oxygens (including phenoxy) is 5. The fourth-order valence-electron chi connectivity index (χ4n) is 25.5. The van der Waals surface area contributed by atoms with E-state index < -0.39 is 17.6 Å². The molecule has 8 nitrogen and oxygen atoms in total. The summed E-state index contributed by atoms with van der Waals surface area (Å²) in [7, 11) is 0. The average Bonchev–Trinajstić information content (AvgIpc) is 1.53. The van der Waals surface area contributed by atoms with Gasteiger partial charge in [-0.25, -0.2) is 18.4 Å². The Kier molecular flexibility index (Phi) is 47.7. The maximum Gasteiger partial charge on any atom is 0.343 e. The van der Waals surface area contributed by atoms with Crippen molar-refractivity contribution in [3.05, 3.63) is 136 Å². The molecule has 726 valence electrons. The Morgan fingerprint density at radius 2 is 0.961 bits per heavy atom. The van der Waals surface area contributed by atoms with Crippen LogP contribution in [0.3, 0.4) is 0 Å². The molecule has 10 heteroatoms. The smallest absolute Gasteiger partial charge is 0.343 e. The van der Waals surface area contributed by atoms with E-state index in [9.17, 15) is 23.2 Å². The molecule has 129 heavy (non-hydrogen) atoms. The van der Waals surface area contributed by atoms with Gasteiger partial charge in [0.2, 0.25) is 0 Å². The maximum absolute atomic E-state index is 14.8. The Bertz CT molecular complexity index is 3750. The molecule has 11 atom stereocenters. The first kappa shape index (κ1) is 107. The molecular weight excluding hydrogens is 1600 g/mol. The second-order valence-electron chi connectivity index (χ2n) is 44.0. The molecule has 8 aliphatic carbocycles. The Morgan fingerprint density at radius 1 is 0.457 bits per heavy atom. The number of halogens is 2. The van der Waals surface area contributed by atoms with Crippen molar-refractivity contribution in [2.75, 3.05) is 6.61 Å². The van der Waals surface area contributed by atoms with Gasteiger partial charge in [0.05, 0.1) is 29.9 Å². The van der Waals surface area contributed by atoms with Crippen molar-refractivity contribution >= 4 is 17.9 Å². The van der Waals surface area contributed by atoms with Crippen LogP contribution in [0.5, 0.6) is 17.2 Å². The summed E-state index contributed by atoms with van der Waals surface area (Å²) in [6.07, 6.45) is 70.7. The number of unbranched alkanes of at least 4 members (excludes halogenated alkanes) is 14. The molecule has 0 radical (unpaired) electrons. The number of hydrogen-bond donors (Lipinski definition) is 0. The molecule has 0 N–H and O–H groups in total. The first-order valence-electron chi connectivity index (χ1n) is 54.8. The zero-order valence-electron chi connectivity index (χ0n) is 85.0. The monoisotopic (exact) mass is 1780 g/mol. The van der Waals surface area contributed by atoms with Crippen LogP contribution in [0.1, 0.15) is 493 Å². The van der Waals surface area contributed by atoms with Crippen molar-refractivity contribution < 1.29 is 46.8 Å². The molecule has 0 spiro atoms. The van der Waals surface area contributed by atoms with Gasteiger partial charge in [-0.15, -0.1) is 0 Å². The molecule has 0 aromatic heterocycles. The van der Waals surface area contributed by atoms with Gasteiger partial charge in [-0.2, -0.15) is 0 Å². The second kappa shape index (κ2) is 57.4. The van der Waals surface area contributed by atoms with Gasteiger partial charge in [0.1, 0.15) is 17.6 Å². The number of carbonyl (C=O) groups is 3. The molecule has 4 unspecified atom stereocenters. The highest BCUT2D eigenvalue weighted by Crippen LogP contribution is 2.68. The lowest BCUT2D eigenvalue weighted by atomic mass is 9.47. The van der Waals surface area contributed by atoms with Crippen LogP contribution in [0.4, 0.5) is 8.78 Å². The fraction of sp³-hybridized carbons (Fsp3) is 0.756. The molecule has 12 rings (SSSR count).